The molecule has 0 amide bonds. The number of rotatable bonds is 3. The van der Waals surface area contributed by atoms with Crippen LogP contribution in [0.1, 0.15) is 47.5 Å². The van der Waals surface area contributed by atoms with Gasteiger partial charge in [0.25, 0.3) is 0 Å². The smallest absolute Gasteiger partial charge is 0.0697 e. The molecule has 0 aromatic carbocycles. The maximum absolute atomic E-state index is 9.11. The molecular weight excluding hydrogens is 222 g/mol. The van der Waals surface area contributed by atoms with Crippen molar-refractivity contribution in [2.45, 2.75) is 59.0 Å². The fourth-order valence-electron chi connectivity index (χ4n) is 2.77. The van der Waals surface area contributed by atoms with Gasteiger partial charge in [0.05, 0.1) is 11.5 Å². The number of nitrogens with zero attached hydrogens (tertiary/aromatic N) is 3. The maximum Gasteiger partial charge on any atom is 0.0697 e. The zero-order valence-corrected chi connectivity index (χ0v) is 13.0. The van der Waals surface area contributed by atoms with Crippen molar-refractivity contribution in [2.75, 3.05) is 26.7 Å². The molecule has 104 valence electrons. The summed E-state index contributed by atoms with van der Waals surface area (Å²) < 4.78 is 0. The van der Waals surface area contributed by atoms with Gasteiger partial charge in [-0.25, -0.2) is 0 Å². The minimum Gasteiger partial charge on any atom is -0.302 e. The van der Waals surface area contributed by atoms with Crippen molar-refractivity contribution in [1.82, 2.24) is 9.80 Å². The van der Waals surface area contributed by atoms with Gasteiger partial charge in [-0.05, 0) is 54.5 Å². The number of likely N-dealkylation sites (tertiary alicyclic amines) is 1. The fourth-order valence-corrected chi connectivity index (χ4v) is 2.77. The van der Waals surface area contributed by atoms with E-state index < -0.39 is 0 Å². The van der Waals surface area contributed by atoms with Gasteiger partial charge in [0, 0.05) is 31.2 Å². The van der Waals surface area contributed by atoms with E-state index in [1.54, 1.807) is 0 Å². The summed E-state index contributed by atoms with van der Waals surface area (Å²) in [5.41, 5.74) is 0.0470. The first-order valence-electron chi connectivity index (χ1n) is 7.02. The van der Waals surface area contributed by atoms with Crippen molar-refractivity contribution in [3.05, 3.63) is 0 Å². The van der Waals surface area contributed by atoms with Crippen LogP contribution in [0, 0.1) is 16.7 Å². The molecule has 3 nitrogen and oxygen atoms in total. The Labute approximate surface area is 113 Å². The number of nitriles is 1. The lowest BCUT2D eigenvalue weighted by molar-refractivity contribution is 0.0580. The monoisotopic (exact) mass is 251 g/mol. The second kappa shape index (κ2) is 5.59. The molecular formula is C15H29N3. The van der Waals surface area contributed by atoms with Crippen LogP contribution < -0.4 is 0 Å². The normalized spacial score (nSPS) is 20.1. The highest BCUT2D eigenvalue weighted by atomic mass is 15.2. The van der Waals surface area contributed by atoms with Crippen LogP contribution in [-0.4, -0.2) is 48.1 Å². The van der Waals surface area contributed by atoms with E-state index in [1.807, 2.05) is 13.8 Å². The Morgan fingerprint density at radius 1 is 1.17 bits per heavy atom. The Kier molecular flexibility index (Phi) is 4.80. The third kappa shape index (κ3) is 4.26. The van der Waals surface area contributed by atoms with E-state index in [0.717, 1.165) is 6.54 Å². The fraction of sp³-hybridized carbons (Fsp3) is 0.933. The lowest BCUT2D eigenvalue weighted by atomic mass is 9.92. The van der Waals surface area contributed by atoms with Crippen molar-refractivity contribution in [3.63, 3.8) is 0 Å². The van der Waals surface area contributed by atoms with E-state index in [2.05, 4.69) is 43.7 Å². The Morgan fingerprint density at radius 2 is 1.67 bits per heavy atom. The molecule has 0 bridgehead atoms. The predicted octanol–water partition coefficient (Wildman–Crippen LogP) is 2.73. The standard InChI is InChI=1S/C15H29N3/c1-14(2,3)18-9-7-13(8-10-18)17(6)12-15(4,5)11-16/h13H,7-10,12H2,1-6H3. The molecule has 3 heteroatoms. The number of hydrogen-bond donors (Lipinski definition) is 0. The van der Waals surface area contributed by atoms with E-state index in [4.69, 9.17) is 5.26 Å². The SMILES string of the molecule is CN(CC(C)(C)C#N)C1CCN(C(C)(C)C)CC1. The molecule has 1 aliphatic heterocycles. The third-order valence-electron chi connectivity index (χ3n) is 3.98. The summed E-state index contributed by atoms with van der Waals surface area (Å²) in [4.78, 5) is 4.94. The van der Waals surface area contributed by atoms with Gasteiger partial charge >= 0.3 is 0 Å². The zero-order valence-electron chi connectivity index (χ0n) is 13.0. The van der Waals surface area contributed by atoms with E-state index in [1.165, 1.54) is 25.9 Å². The molecule has 18 heavy (non-hydrogen) atoms. The minimum absolute atomic E-state index is 0.240. The van der Waals surface area contributed by atoms with Crippen LogP contribution in [-0.2, 0) is 0 Å². The highest BCUT2D eigenvalue weighted by Crippen LogP contribution is 2.24. The van der Waals surface area contributed by atoms with E-state index >= 15 is 0 Å². The summed E-state index contributed by atoms with van der Waals surface area (Å²) in [6.45, 7) is 14.1. The van der Waals surface area contributed by atoms with E-state index in [-0.39, 0.29) is 11.0 Å². The molecule has 1 aliphatic rings. The largest absolute Gasteiger partial charge is 0.302 e. The number of hydrogen-bond acceptors (Lipinski definition) is 3. The second-order valence-electron chi connectivity index (χ2n) is 7.30. The topological polar surface area (TPSA) is 30.3 Å². The highest BCUT2D eigenvalue weighted by molar-refractivity contribution is 4.95. The lowest BCUT2D eigenvalue weighted by Gasteiger charge is -2.43. The van der Waals surface area contributed by atoms with Gasteiger partial charge in [0.2, 0.25) is 0 Å². The summed E-state index contributed by atoms with van der Waals surface area (Å²) >= 11 is 0. The first-order valence-corrected chi connectivity index (χ1v) is 7.02. The van der Waals surface area contributed by atoms with Crippen molar-refractivity contribution in [3.8, 4) is 6.07 Å². The Morgan fingerprint density at radius 3 is 2.06 bits per heavy atom. The quantitative estimate of drug-likeness (QED) is 0.772. The lowest BCUT2D eigenvalue weighted by Crippen LogP contribution is -2.51. The first kappa shape index (κ1) is 15.5. The molecule has 0 N–H and O–H groups in total. The van der Waals surface area contributed by atoms with Crippen LogP contribution in [0.2, 0.25) is 0 Å². The van der Waals surface area contributed by atoms with Gasteiger partial charge in [-0.2, -0.15) is 5.26 Å². The van der Waals surface area contributed by atoms with Gasteiger partial charge in [-0.1, -0.05) is 0 Å². The molecule has 0 radical (unpaired) electrons. The summed E-state index contributed by atoms with van der Waals surface area (Å²) in [6.07, 6.45) is 2.44. The average molecular weight is 251 g/mol. The van der Waals surface area contributed by atoms with E-state index in [0.29, 0.717) is 6.04 Å². The first-order chi connectivity index (χ1) is 8.15. The van der Waals surface area contributed by atoms with Crippen molar-refractivity contribution >= 4 is 0 Å². The van der Waals surface area contributed by atoms with Crippen LogP contribution in [0.25, 0.3) is 0 Å². The second-order valence-corrected chi connectivity index (χ2v) is 7.30. The zero-order chi connectivity index (χ0) is 14.0. The van der Waals surface area contributed by atoms with Crippen LogP contribution in [0.5, 0.6) is 0 Å². The molecule has 0 atom stereocenters. The summed E-state index contributed by atoms with van der Waals surface area (Å²) in [6, 6.07) is 3.03. The third-order valence-corrected chi connectivity index (χ3v) is 3.98. The minimum atomic E-state index is -0.240. The van der Waals surface area contributed by atoms with Gasteiger partial charge in [-0.3, -0.25) is 4.90 Å². The van der Waals surface area contributed by atoms with Crippen LogP contribution in [0.15, 0.2) is 0 Å². The molecule has 1 heterocycles. The average Bonchev–Trinajstić information content (AvgIpc) is 2.27. The van der Waals surface area contributed by atoms with Crippen molar-refractivity contribution < 1.29 is 0 Å². The van der Waals surface area contributed by atoms with Crippen molar-refractivity contribution in [2.24, 2.45) is 5.41 Å². The molecule has 0 aromatic rings. The molecule has 0 spiro atoms. The van der Waals surface area contributed by atoms with Gasteiger partial charge < -0.3 is 4.90 Å². The molecule has 0 aromatic heterocycles. The van der Waals surface area contributed by atoms with Crippen molar-refractivity contribution in [1.29, 1.82) is 5.26 Å². The van der Waals surface area contributed by atoms with Crippen LogP contribution in [0.4, 0.5) is 0 Å². The molecule has 1 saturated heterocycles. The van der Waals surface area contributed by atoms with Crippen LogP contribution in [0.3, 0.4) is 0 Å². The summed E-state index contributed by atoms with van der Waals surface area (Å²) in [7, 11) is 2.16. The molecule has 0 saturated carbocycles. The Bertz CT molecular complexity index is 301. The Balaban J connectivity index is 2.46. The Hall–Kier alpha value is -0.590. The molecule has 1 fully saturated rings. The van der Waals surface area contributed by atoms with E-state index in [9.17, 15) is 0 Å². The number of piperidine rings is 1. The summed E-state index contributed by atoms with van der Waals surface area (Å²) in [5.74, 6) is 0. The molecule has 0 unspecified atom stereocenters. The highest BCUT2D eigenvalue weighted by Gasteiger charge is 2.30. The maximum atomic E-state index is 9.11. The van der Waals surface area contributed by atoms with Gasteiger partial charge in [0.1, 0.15) is 0 Å². The van der Waals surface area contributed by atoms with Gasteiger partial charge in [-0.15, -0.1) is 0 Å². The van der Waals surface area contributed by atoms with Crippen LogP contribution >= 0.6 is 0 Å². The summed E-state index contributed by atoms with van der Waals surface area (Å²) in [5, 5.41) is 9.11. The van der Waals surface area contributed by atoms with Gasteiger partial charge in [0.15, 0.2) is 0 Å². The molecule has 1 rings (SSSR count). The predicted molar refractivity (Wildman–Crippen MR) is 76.4 cm³/mol. The molecule has 0 aliphatic carbocycles.